The quantitative estimate of drug-likeness (QED) is 0.506. The molecule has 2 aliphatic heterocycles. The first-order valence-corrected chi connectivity index (χ1v) is 13.8. The number of carbonyl (C=O) groups is 1. The Balaban J connectivity index is 1.16. The summed E-state index contributed by atoms with van der Waals surface area (Å²) < 4.78 is 11.0. The minimum atomic E-state index is 0.216. The Morgan fingerprint density at radius 2 is 1.68 bits per heavy atom. The summed E-state index contributed by atoms with van der Waals surface area (Å²) in [5.41, 5.74) is 5.53. The molecular weight excluding hydrogens is 464 g/mol. The summed E-state index contributed by atoms with van der Waals surface area (Å²) in [5.74, 6) is 2.42. The van der Waals surface area contributed by atoms with Gasteiger partial charge in [0.05, 0.1) is 25.9 Å². The van der Waals surface area contributed by atoms with E-state index in [1.165, 1.54) is 23.8 Å². The number of nitrogens with one attached hydrogen (secondary N) is 1. The molecule has 7 heteroatoms. The number of amides is 1. The summed E-state index contributed by atoms with van der Waals surface area (Å²) in [6.45, 7) is 5.96. The lowest BCUT2D eigenvalue weighted by molar-refractivity contribution is -0.138. The fourth-order valence-electron chi connectivity index (χ4n) is 6.44. The molecule has 0 spiro atoms. The van der Waals surface area contributed by atoms with E-state index in [-0.39, 0.29) is 5.92 Å². The predicted octanol–water partition coefficient (Wildman–Crippen LogP) is 5.14. The highest BCUT2D eigenvalue weighted by atomic mass is 16.5. The van der Waals surface area contributed by atoms with E-state index in [1.54, 1.807) is 14.2 Å². The van der Waals surface area contributed by atoms with Gasteiger partial charge < -0.3 is 24.3 Å². The summed E-state index contributed by atoms with van der Waals surface area (Å²) in [6, 6.07) is 9.13. The molecule has 2 saturated heterocycles. The highest BCUT2D eigenvalue weighted by molar-refractivity contribution is 5.97. The molecule has 2 aromatic heterocycles. The highest BCUT2D eigenvalue weighted by Crippen LogP contribution is 2.39. The zero-order chi connectivity index (χ0) is 25.5. The summed E-state index contributed by atoms with van der Waals surface area (Å²) in [4.78, 5) is 26.3. The number of methoxy groups -OCH3 is 2. The third-order valence-electron chi connectivity index (χ3n) is 8.73. The van der Waals surface area contributed by atoms with Gasteiger partial charge in [-0.3, -0.25) is 9.78 Å². The molecule has 0 radical (unpaired) electrons. The molecule has 0 bridgehead atoms. The third-order valence-corrected chi connectivity index (χ3v) is 8.73. The fourth-order valence-corrected chi connectivity index (χ4v) is 6.44. The zero-order valence-electron chi connectivity index (χ0n) is 22.3. The van der Waals surface area contributed by atoms with Gasteiger partial charge in [-0.05, 0) is 82.3 Å². The molecule has 1 N–H and O–H groups in total. The first-order valence-electron chi connectivity index (χ1n) is 13.8. The molecule has 1 amide bonds. The van der Waals surface area contributed by atoms with Crippen molar-refractivity contribution < 1.29 is 14.3 Å². The molecule has 3 aromatic rings. The normalized spacial score (nSPS) is 19.9. The van der Waals surface area contributed by atoms with Crippen molar-refractivity contribution in [1.29, 1.82) is 0 Å². The fraction of sp³-hybridized carbons (Fsp3) is 0.533. The van der Waals surface area contributed by atoms with Gasteiger partial charge in [-0.2, -0.15) is 0 Å². The van der Waals surface area contributed by atoms with E-state index in [0.717, 1.165) is 91.9 Å². The van der Waals surface area contributed by atoms with Gasteiger partial charge in [-0.25, -0.2) is 0 Å². The van der Waals surface area contributed by atoms with E-state index < -0.39 is 0 Å². The summed E-state index contributed by atoms with van der Waals surface area (Å²) >= 11 is 0. The molecule has 3 aliphatic rings. The first kappa shape index (κ1) is 24.3. The second-order valence-electron chi connectivity index (χ2n) is 11.0. The van der Waals surface area contributed by atoms with Crippen LogP contribution in [0.3, 0.4) is 0 Å². The zero-order valence-corrected chi connectivity index (χ0v) is 22.3. The molecule has 0 atom stereocenters. The Labute approximate surface area is 219 Å². The van der Waals surface area contributed by atoms with E-state index >= 15 is 0 Å². The average Bonchev–Trinajstić information content (AvgIpc) is 3.74. The number of fused-ring (bicyclic) bond motifs is 1. The summed E-state index contributed by atoms with van der Waals surface area (Å²) in [6.07, 6.45) is 8.67. The largest absolute Gasteiger partial charge is 0.493 e. The topological polar surface area (TPSA) is 70.7 Å². The molecule has 6 rings (SSSR count). The number of aryl methyl sites for hydroxylation is 1. The maximum Gasteiger partial charge on any atom is 0.225 e. The van der Waals surface area contributed by atoms with Gasteiger partial charge in [0, 0.05) is 53.3 Å². The number of pyridine rings is 1. The number of aromatic nitrogens is 2. The molecule has 0 unspecified atom stereocenters. The second kappa shape index (κ2) is 10.0. The van der Waals surface area contributed by atoms with Crippen LogP contribution in [0.15, 0.2) is 30.5 Å². The molecule has 1 saturated carbocycles. The van der Waals surface area contributed by atoms with Gasteiger partial charge in [-0.15, -0.1) is 0 Å². The molecule has 1 aromatic carbocycles. The van der Waals surface area contributed by atoms with Crippen molar-refractivity contribution in [2.24, 2.45) is 5.92 Å². The van der Waals surface area contributed by atoms with E-state index in [4.69, 9.17) is 14.5 Å². The molecular formula is C30H38N4O3. The minimum absolute atomic E-state index is 0.216. The number of nitrogens with zero attached hydrogens (tertiary/aromatic N) is 3. The lowest BCUT2D eigenvalue weighted by atomic mass is 9.89. The van der Waals surface area contributed by atoms with Gasteiger partial charge >= 0.3 is 0 Å². The number of aromatic amines is 1. The number of benzene rings is 1. The van der Waals surface area contributed by atoms with Gasteiger partial charge in [0.15, 0.2) is 11.5 Å². The summed E-state index contributed by atoms with van der Waals surface area (Å²) in [7, 11) is 3.32. The average molecular weight is 503 g/mol. The predicted molar refractivity (Wildman–Crippen MR) is 145 cm³/mol. The van der Waals surface area contributed by atoms with Crippen LogP contribution in [-0.2, 0) is 4.79 Å². The van der Waals surface area contributed by atoms with E-state index in [2.05, 4.69) is 33.8 Å². The Morgan fingerprint density at radius 1 is 0.946 bits per heavy atom. The van der Waals surface area contributed by atoms with Crippen molar-refractivity contribution in [2.75, 3.05) is 40.4 Å². The van der Waals surface area contributed by atoms with Crippen LogP contribution in [0.1, 0.15) is 55.8 Å². The number of H-pyrrole nitrogens is 1. The smallest absolute Gasteiger partial charge is 0.225 e. The molecule has 1 aliphatic carbocycles. The number of piperidine rings is 2. The van der Waals surface area contributed by atoms with E-state index in [1.807, 2.05) is 18.3 Å². The second-order valence-corrected chi connectivity index (χ2v) is 11.0. The Bertz CT molecular complexity index is 1280. The summed E-state index contributed by atoms with van der Waals surface area (Å²) in [5, 5.41) is 1.18. The Hall–Kier alpha value is -3.06. The molecule has 7 nitrogen and oxygen atoms in total. The van der Waals surface area contributed by atoms with Crippen molar-refractivity contribution >= 4 is 16.8 Å². The van der Waals surface area contributed by atoms with E-state index in [0.29, 0.717) is 11.8 Å². The van der Waals surface area contributed by atoms with Crippen LogP contribution in [0.5, 0.6) is 11.5 Å². The maximum atomic E-state index is 13.2. The van der Waals surface area contributed by atoms with Crippen LogP contribution in [0.25, 0.3) is 22.0 Å². The number of hydrogen-bond donors (Lipinski definition) is 1. The van der Waals surface area contributed by atoms with Gasteiger partial charge in [0.25, 0.3) is 0 Å². The van der Waals surface area contributed by atoms with Crippen molar-refractivity contribution in [3.05, 3.63) is 41.9 Å². The van der Waals surface area contributed by atoms with Crippen LogP contribution in [0.2, 0.25) is 0 Å². The Morgan fingerprint density at radius 3 is 2.35 bits per heavy atom. The lowest BCUT2D eigenvalue weighted by Crippen LogP contribution is -2.45. The van der Waals surface area contributed by atoms with Crippen LogP contribution in [-0.4, -0.2) is 72.1 Å². The van der Waals surface area contributed by atoms with Crippen molar-refractivity contribution in [1.82, 2.24) is 19.8 Å². The van der Waals surface area contributed by atoms with E-state index in [9.17, 15) is 4.79 Å². The lowest BCUT2D eigenvalue weighted by Gasteiger charge is -2.37. The van der Waals surface area contributed by atoms with Crippen molar-refractivity contribution in [2.45, 2.75) is 57.4 Å². The van der Waals surface area contributed by atoms with Gasteiger partial charge in [0.2, 0.25) is 5.91 Å². The number of rotatable bonds is 6. The Kier molecular flexibility index (Phi) is 6.57. The monoisotopic (exact) mass is 502 g/mol. The number of ether oxygens (including phenoxy) is 2. The van der Waals surface area contributed by atoms with Crippen molar-refractivity contribution in [3.8, 4) is 22.6 Å². The minimum Gasteiger partial charge on any atom is -0.493 e. The van der Waals surface area contributed by atoms with Crippen LogP contribution in [0, 0.1) is 12.8 Å². The maximum absolute atomic E-state index is 13.2. The van der Waals surface area contributed by atoms with Crippen LogP contribution in [0.4, 0.5) is 0 Å². The third kappa shape index (κ3) is 4.70. The molecule has 4 heterocycles. The van der Waals surface area contributed by atoms with Gasteiger partial charge in [-0.1, -0.05) is 6.07 Å². The number of likely N-dealkylation sites (tertiary alicyclic amines) is 2. The van der Waals surface area contributed by atoms with Crippen LogP contribution < -0.4 is 9.47 Å². The van der Waals surface area contributed by atoms with Gasteiger partial charge in [0.1, 0.15) is 0 Å². The molecule has 196 valence electrons. The van der Waals surface area contributed by atoms with Crippen molar-refractivity contribution in [3.63, 3.8) is 0 Å². The standard InChI is InChI=1S/C30H38N4O3/c1-19-29(22-4-7-27(36-2)28(16-22)37-3)24-17-25(31-18-26(24)32-19)20-8-14-34(15-9-20)30(35)21-10-12-33(13-11-21)23-5-6-23/h4,7,16-18,20-21,23,32H,5-6,8-15H2,1-3H3. The highest BCUT2D eigenvalue weighted by Gasteiger charge is 2.36. The molecule has 3 fully saturated rings. The first-order chi connectivity index (χ1) is 18.1. The van der Waals surface area contributed by atoms with Crippen LogP contribution >= 0.6 is 0 Å². The number of hydrogen-bond acceptors (Lipinski definition) is 5. The number of carbonyl (C=O) groups excluding carboxylic acids is 1. The molecule has 37 heavy (non-hydrogen) atoms. The SMILES string of the molecule is COc1ccc(-c2c(C)[nH]c3cnc(C4CCN(C(=O)C5CCN(C6CC6)CC5)CC4)cc23)cc1OC.